The number of amidine groups is 2. The van der Waals surface area contributed by atoms with E-state index >= 15 is 0 Å². The van der Waals surface area contributed by atoms with Crippen molar-refractivity contribution in [3.05, 3.63) is 88.0 Å². The quantitative estimate of drug-likeness (QED) is 0.170. The number of unbranched alkanes of at least 4 members (excludes halogenated alkanes) is 3. The molecular weight excluding hydrogens is 560 g/mol. The van der Waals surface area contributed by atoms with Gasteiger partial charge in [-0.15, -0.1) is 0 Å². The zero-order valence-corrected chi connectivity index (χ0v) is 25.7. The average molecular weight is 600 g/mol. The average Bonchev–Trinajstić information content (AvgIpc) is 3.53. The standard InChI is InChI=1S/C36H39F2N3O3/c1-5-6-7-8-14-43-35(42)23-10-9-11-26(18-23)44-28-20-25(36(2,3)4)17-24-19-27-32(34(40)41-33(27)39)31(30(24)28)22-13-12-21(15-22)16-29(37)38/h9-12,15,17-20,29H,5-8,13-14,16H2,1-4H3,(H3,39,40,41). The molecule has 0 saturated carbocycles. The Morgan fingerprint density at radius 2 is 1.89 bits per heavy atom. The van der Waals surface area contributed by atoms with Gasteiger partial charge in [-0.05, 0) is 70.7 Å². The van der Waals surface area contributed by atoms with Crippen LogP contribution >= 0.6 is 0 Å². The van der Waals surface area contributed by atoms with Crippen LogP contribution in [0, 0.1) is 5.41 Å². The molecule has 0 atom stereocenters. The van der Waals surface area contributed by atoms with Crippen LogP contribution in [0.5, 0.6) is 11.5 Å². The number of ether oxygens (including phenoxy) is 2. The molecule has 3 aromatic rings. The molecule has 8 heteroatoms. The van der Waals surface area contributed by atoms with Gasteiger partial charge in [0.2, 0.25) is 6.43 Å². The van der Waals surface area contributed by atoms with Crippen LogP contribution in [0.1, 0.15) is 98.8 Å². The second-order valence-electron chi connectivity index (χ2n) is 12.4. The lowest BCUT2D eigenvalue weighted by Gasteiger charge is -2.24. The summed E-state index contributed by atoms with van der Waals surface area (Å²) in [5.74, 6) is 0.847. The lowest BCUT2D eigenvalue weighted by Crippen LogP contribution is -2.15. The number of nitrogens with zero attached hydrogens (tertiary/aromatic N) is 1. The molecule has 3 aromatic carbocycles. The minimum atomic E-state index is -2.46. The molecule has 3 N–H and O–H groups in total. The first-order valence-corrected chi connectivity index (χ1v) is 15.2. The molecular formula is C36H39F2N3O3. The zero-order valence-electron chi connectivity index (χ0n) is 25.7. The highest BCUT2D eigenvalue weighted by molar-refractivity contribution is 6.26. The highest BCUT2D eigenvalue weighted by Gasteiger charge is 2.30. The van der Waals surface area contributed by atoms with Crippen molar-refractivity contribution in [1.29, 1.82) is 5.41 Å². The van der Waals surface area contributed by atoms with Gasteiger partial charge in [0.25, 0.3) is 0 Å². The number of alkyl halides is 2. The van der Waals surface area contributed by atoms with Gasteiger partial charge in [0.1, 0.15) is 17.3 Å². The summed E-state index contributed by atoms with van der Waals surface area (Å²) >= 11 is 0. The monoisotopic (exact) mass is 599 g/mol. The summed E-state index contributed by atoms with van der Waals surface area (Å²) in [7, 11) is 0. The fourth-order valence-corrected chi connectivity index (χ4v) is 5.70. The van der Waals surface area contributed by atoms with Crippen molar-refractivity contribution in [1.82, 2.24) is 0 Å². The smallest absolute Gasteiger partial charge is 0.338 e. The minimum absolute atomic E-state index is 0.0598. The maximum Gasteiger partial charge on any atom is 0.338 e. The van der Waals surface area contributed by atoms with Gasteiger partial charge in [-0.25, -0.2) is 18.6 Å². The predicted octanol–water partition coefficient (Wildman–Crippen LogP) is 9.08. The Morgan fingerprint density at radius 3 is 2.61 bits per heavy atom. The predicted molar refractivity (Wildman–Crippen MR) is 172 cm³/mol. The van der Waals surface area contributed by atoms with Crippen molar-refractivity contribution in [2.75, 3.05) is 6.61 Å². The molecule has 230 valence electrons. The van der Waals surface area contributed by atoms with Crippen LogP contribution in [0.15, 0.2) is 65.2 Å². The number of fused-ring (bicyclic) bond motifs is 2. The Kier molecular flexibility index (Phi) is 9.00. The normalized spacial score (nSPS) is 14.5. The summed E-state index contributed by atoms with van der Waals surface area (Å²) in [6, 6.07) is 12.9. The van der Waals surface area contributed by atoms with Crippen molar-refractivity contribution in [2.24, 2.45) is 10.7 Å². The molecule has 1 heterocycles. The van der Waals surface area contributed by atoms with Gasteiger partial charge in [0.15, 0.2) is 5.84 Å². The van der Waals surface area contributed by atoms with E-state index in [4.69, 9.17) is 20.6 Å². The minimum Gasteiger partial charge on any atom is -0.462 e. The summed E-state index contributed by atoms with van der Waals surface area (Å²) in [6.45, 7) is 8.81. The van der Waals surface area contributed by atoms with Crippen molar-refractivity contribution < 1.29 is 23.0 Å². The van der Waals surface area contributed by atoms with Crippen molar-refractivity contribution in [3.63, 3.8) is 0 Å². The molecule has 1 aliphatic carbocycles. The van der Waals surface area contributed by atoms with E-state index in [9.17, 15) is 13.6 Å². The highest BCUT2D eigenvalue weighted by Crippen LogP contribution is 2.45. The lowest BCUT2D eigenvalue weighted by atomic mass is 9.82. The number of esters is 1. The fraction of sp³-hybridized carbons (Fsp3) is 0.361. The number of carbonyl (C=O) groups is 1. The van der Waals surface area contributed by atoms with E-state index in [1.165, 1.54) is 0 Å². The molecule has 2 aliphatic rings. The zero-order chi connectivity index (χ0) is 31.6. The molecule has 0 unspecified atom stereocenters. The molecule has 5 rings (SSSR count). The molecule has 44 heavy (non-hydrogen) atoms. The summed E-state index contributed by atoms with van der Waals surface area (Å²) < 4.78 is 38.6. The third kappa shape index (κ3) is 6.59. The van der Waals surface area contributed by atoms with Crippen LogP contribution in [0.4, 0.5) is 8.78 Å². The Balaban J connectivity index is 1.62. The van der Waals surface area contributed by atoms with Gasteiger partial charge in [0, 0.05) is 28.5 Å². The largest absolute Gasteiger partial charge is 0.462 e. The van der Waals surface area contributed by atoms with E-state index in [0.29, 0.717) is 46.8 Å². The SMILES string of the molecule is CCCCCCOC(=O)c1cccc(Oc2cc(C(C)(C)C)cc3cc4c(c(C5=CC(CC(F)F)=CC5)c23)C(N)=NC4=N)c1. The van der Waals surface area contributed by atoms with Crippen molar-refractivity contribution in [3.8, 4) is 11.5 Å². The number of nitrogens with one attached hydrogen (secondary N) is 1. The molecule has 1 aliphatic heterocycles. The van der Waals surface area contributed by atoms with Crippen molar-refractivity contribution in [2.45, 2.75) is 78.1 Å². The molecule has 0 bridgehead atoms. The summed E-state index contributed by atoms with van der Waals surface area (Å²) in [5, 5.41) is 10.1. The molecule has 0 spiro atoms. The number of hydrogen-bond donors (Lipinski definition) is 2. The first kappa shape index (κ1) is 31.1. The number of allylic oxidation sites excluding steroid dienone is 4. The van der Waals surface area contributed by atoms with Crippen molar-refractivity contribution >= 4 is 34.0 Å². The Bertz CT molecular complexity index is 1710. The van der Waals surface area contributed by atoms with E-state index < -0.39 is 12.4 Å². The molecule has 6 nitrogen and oxygen atoms in total. The topological polar surface area (TPSA) is 97.8 Å². The molecule has 0 aromatic heterocycles. The second-order valence-corrected chi connectivity index (χ2v) is 12.4. The van der Waals surface area contributed by atoms with Crippen LogP contribution in [0.25, 0.3) is 16.3 Å². The van der Waals surface area contributed by atoms with Gasteiger partial charge < -0.3 is 15.2 Å². The van der Waals surface area contributed by atoms with Crippen LogP contribution in [0.2, 0.25) is 0 Å². The third-order valence-electron chi connectivity index (χ3n) is 7.99. The van der Waals surface area contributed by atoms with Crippen LogP contribution < -0.4 is 10.5 Å². The summed E-state index contributed by atoms with van der Waals surface area (Å²) in [4.78, 5) is 17.1. The third-order valence-corrected chi connectivity index (χ3v) is 7.99. The van der Waals surface area contributed by atoms with Crippen LogP contribution in [0.3, 0.4) is 0 Å². The first-order valence-electron chi connectivity index (χ1n) is 15.2. The second kappa shape index (κ2) is 12.7. The number of aliphatic imine (C=N–C) groups is 1. The van der Waals surface area contributed by atoms with Crippen LogP contribution in [-0.2, 0) is 10.2 Å². The van der Waals surface area contributed by atoms with E-state index in [1.54, 1.807) is 30.3 Å². The van der Waals surface area contributed by atoms with Gasteiger partial charge in [-0.2, -0.15) is 0 Å². The first-order chi connectivity index (χ1) is 21.0. The van der Waals surface area contributed by atoms with E-state index in [2.05, 4.69) is 38.8 Å². The molecule has 0 saturated heterocycles. The maximum atomic E-state index is 13.3. The molecule has 0 amide bonds. The van der Waals surface area contributed by atoms with Gasteiger partial charge in [0.05, 0.1) is 12.2 Å². The molecule has 0 fully saturated rings. The van der Waals surface area contributed by atoms with Gasteiger partial charge >= 0.3 is 5.97 Å². The summed E-state index contributed by atoms with van der Waals surface area (Å²) in [5.41, 5.74) is 10.8. The van der Waals surface area contributed by atoms with Gasteiger partial charge in [-0.3, -0.25) is 5.41 Å². The van der Waals surface area contributed by atoms with E-state index in [0.717, 1.165) is 53.2 Å². The fourth-order valence-electron chi connectivity index (χ4n) is 5.70. The summed E-state index contributed by atoms with van der Waals surface area (Å²) in [6.07, 6.45) is 5.28. The number of hydrogen-bond acceptors (Lipinski definition) is 5. The Labute approximate surface area is 257 Å². The Hall–Kier alpha value is -4.33. The number of nitrogens with two attached hydrogens (primary N) is 1. The Morgan fingerprint density at radius 1 is 1.09 bits per heavy atom. The number of halogens is 2. The van der Waals surface area contributed by atoms with E-state index in [-0.39, 0.29) is 23.5 Å². The van der Waals surface area contributed by atoms with Crippen LogP contribution in [-0.4, -0.2) is 30.7 Å². The molecule has 0 radical (unpaired) electrons. The lowest BCUT2D eigenvalue weighted by molar-refractivity contribution is 0.0497. The number of rotatable bonds is 11. The number of benzene rings is 3. The maximum absolute atomic E-state index is 13.3. The highest BCUT2D eigenvalue weighted by atomic mass is 19.3. The van der Waals surface area contributed by atoms with Gasteiger partial charge in [-0.1, -0.05) is 71.2 Å². The number of carbonyl (C=O) groups excluding carboxylic acids is 1. The van der Waals surface area contributed by atoms with E-state index in [1.807, 2.05) is 18.2 Å².